The first-order valence-electron chi connectivity index (χ1n) is 6.50. The maximum absolute atomic E-state index is 11.8. The van der Waals surface area contributed by atoms with Crippen molar-refractivity contribution in [3.8, 4) is 5.75 Å². The molecule has 0 aliphatic rings. The third kappa shape index (κ3) is 6.13. The van der Waals surface area contributed by atoms with E-state index in [1.807, 2.05) is 0 Å². The highest BCUT2D eigenvalue weighted by molar-refractivity contribution is 5.92. The van der Waals surface area contributed by atoms with E-state index in [0.29, 0.717) is 30.9 Å². The van der Waals surface area contributed by atoms with Crippen LogP contribution in [0, 0.1) is 0 Å². The molecule has 21 heavy (non-hydrogen) atoms. The molecule has 7 heteroatoms. The van der Waals surface area contributed by atoms with Gasteiger partial charge in [-0.05, 0) is 25.0 Å². The van der Waals surface area contributed by atoms with Crippen molar-refractivity contribution in [2.45, 2.75) is 18.9 Å². The van der Waals surface area contributed by atoms with E-state index in [1.165, 1.54) is 7.11 Å². The molecule has 1 atom stereocenters. The highest BCUT2D eigenvalue weighted by Crippen LogP contribution is 2.16. The highest BCUT2D eigenvalue weighted by Gasteiger charge is 2.19. The number of carbonyl (C=O) groups is 2. The van der Waals surface area contributed by atoms with E-state index in [4.69, 9.17) is 14.6 Å². The normalized spacial score (nSPS) is 11.5. The maximum atomic E-state index is 11.8. The number of anilines is 1. The number of carboxylic acids is 1. The fraction of sp³-hybridized carbons (Fsp3) is 0.429. The van der Waals surface area contributed by atoms with Crippen LogP contribution in [-0.4, -0.2) is 44.0 Å². The fourth-order valence-corrected chi connectivity index (χ4v) is 1.72. The van der Waals surface area contributed by atoms with Gasteiger partial charge in [-0.25, -0.2) is 9.59 Å². The number of carbonyl (C=O) groups excluding carboxylic acids is 1. The molecule has 0 fully saturated rings. The molecule has 3 N–H and O–H groups in total. The Morgan fingerprint density at radius 3 is 2.71 bits per heavy atom. The summed E-state index contributed by atoms with van der Waals surface area (Å²) in [6, 6.07) is 5.26. The van der Waals surface area contributed by atoms with E-state index < -0.39 is 18.0 Å². The van der Waals surface area contributed by atoms with E-state index in [-0.39, 0.29) is 0 Å². The van der Waals surface area contributed by atoms with Gasteiger partial charge < -0.3 is 25.2 Å². The Bertz CT molecular complexity index is 478. The average molecular weight is 296 g/mol. The Hall–Kier alpha value is -2.28. The SMILES string of the molecule is COCCCC(NC(=O)Nc1cccc(OC)c1)C(=O)O. The van der Waals surface area contributed by atoms with Gasteiger partial charge in [0.2, 0.25) is 0 Å². The number of nitrogens with one attached hydrogen (secondary N) is 2. The number of methoxy groups -OCH3 is 2. The van der Waals surface area contributed by atoms with E-state index >= 15 is 0 Å². The van der Waals surface area contributed by atoms with Crippen LogP contribution in [0.3, 0.4) is 0 Å². The van der Waals surface area contributed by atoms with Gasteiger partial charge in [-0.1, -0.05) is 6.07 Å². The molecule has 0 heterocycles. The summed E-state index contributed by atoms with van der Waals surface area (Å²) in [6.45, 7) is 0.447. The second-order valence-corrected chi connectivity index (χ2v) is 4.36. The zero-order valence-electron chi connectivity index (χ0n) is 12.1. The minimum atomic E-state index is -1.08. The molecule has 1 aromatic carbocycles. The van der Waals surface area contributed by atoms with Crippen molar-refractivity contribution in [3.05, 3.63) is 24.3 Å². The molecule has 1 unspecified atom stereocenters. The lowest BCUT2D eigenvalue weighted by Crippen LogP contribution is -2.43. The van der Waals surface area contributed by atoms with Gasteiger partial charge >= 0.3 is 12.0 Å². The standard InChI is InChI=1S/C14H20N2O5/c1-20-8-4-7-12(13(17)18)16-14(19)15-10-5-3-6-11(9-10)21-2/h3,5-6,9,12H,4,7-8H2,1-2H3,(H,17,18)(H2,15,16,19). The third-order valence-corrected chi connectivity index (χ3v) is 2.77. The van der Waals surface area contributed by atoms with Crippen LogP contribution in [0.25, 0.3) is 0 Å². The Labute approximate surface area is 123 Å². The number of hydrogen-bond acceptors (Lipinski definition) is 4. The molecule has 0 aliphatic heterocycles. The van der Waals surface area contributed by atoms with Crippen molar-refractivity contribution in [1.82, 2.24) is 5.32 Å². The average Bonchev–Trinajstić information content (AvgIpc) is 2.46. The number of ether oxygens (including phenoxy) is 2. The zero-order valence-corrected chi connectivity index (χ0v) is 12.1. The van der Waals surface area contributed by atoms with E-state index in [1.54, 1.807) is 31.4 Å². The number of hydrogen-bond donors (Lipinski definition) is 3. The molecule has 0 saturated heterocycles. The summed E-state index contributed by atoms with van der Waals surface area (Å²) in [5, 5.41) is 14.0. The molecule has 0 spiro atoms. The molecule has 1 aromatic rings. The van der Waals surface area contributed by atoms with Gasteiger partial charge in [0.1, 0.15) is 11.8 Å². The monoisotopic (exact) mass is 296 g/mol. The largest absolute Gasteiger partial charge is 0.497 e. The smallest absolute Gasteiger partial charge is 0.326 e. The first kappa shape index (κ1) is 16.8. The summed E-state index contributed by atoms with van der Waals surface area (Å²) in [5.74, 6) is -0.477. The number of amides is 2. The summed E-state index contributed by atoms with van der Waals surface area (Å²) in [4.78, 5) is 22.9. The third-order valence-electron chi connectivity index (χ3n) is 2.77. The minimum Gasteiger partial charge on any atom is -0.497 e. The number of urea groups is 1. The minimum absolute atomic E-state index is 0.300. The van der Waals surface area contributed by atoms with Crippen molar-refractivity contribution >= 4 is 17.7 Å². The molecule has 116 valence electrons. The summed E-state index contributed by atoms with van der Waals surface area (Å²) in [7, 11) is 3.06. The van der Waals surface area contributed by atoms with Gasteiger partial charge in [-0.15, -0.1) is 0 Å². The molecule has 1 rings (SSSR count). The van der Waals surface area contributed by atoms with Crippen LogP contribution in [0.1, 0.15) is 12.8 Å². The lowest BCUT2D eigenvalue weighted by atomic mass is 10.1. The molecule has 2 amide bonds. The summed E-state index contributed by atoms with van der Waals surface area (Å²) in [6.07, 6.45) is 0.849. The summed E-state index contributed by atoms with van der Waals surface area (Å²) >= 11 is 0. The number of benzene rings is 1. The highest BCUT2D eigenvalue weighted by atomic mass is 16.5. The molecular formula is C14H20N2O5. The van der Waals surface area contributed by atoms with Gasteiger partial charge in [0.15, 0.2) is 0 Å². The quantitative estimate of drug-likeness (QED) is 0.634. The van der Waals surface area contributed by atoms with Crippen molar-refractivity contribution in [1.29, 1.82) is 0 Å². The van der Waals surface area contributed by atoms with Crippen LogP contribution in [0.2, 0.25) is 0 Å². The Balaban J connectivity index is 2.54. The second kappa shape index (κ2) is 8.80. The molecular weight excluding hydrogens is 276 g/mol. The Kier molecular flexibility index (Phi) is 7.03. The molecule has 0 saturated carbocycles. The van der Waals surface area contributed by atoms with Crippen LogP contribution in [0.5, 0.6) is 5.75 Å². The van der Waals surface area contributed by atoms with Gasteiger partial charge in [0, 0.05) is 25.5 Å². The van der Waals surface area contributed by atoms with Crippen LogP contribution in [0.4, 0.5) is 10.5 Å². The van der Waals surface area contributed by atoms with Crippen molar-refractivity contribution in [3.63, 3.8) is 0 Å². The Morgan fingerprint density at radius 1 is 1.33 bits per heavy atom. The summed E-state index contributed by atoms with van der Waals surface area (Å²) < 4.78 is 9.90. The molecule has 0 aliphatic carbocycles. The maximum Gasteiger partial charge on any atom is 0.326 e. The summed E-state index contributed by atoms with van der Waals surface area (Å²) in [5.41, 5.74) is 0.521. The lowest BCUT2D eigenvalue weighted by molar-refractivity contribution is -0.139. The molecule has 0 bridgehead atoms. The van der Waals surface area contributed by atoms with Gasteiger partial charge in [0.25, 0.3) is 0 Å². The van der Waals surface area contributed by atoms with E-state index in [9.17, 15) is 9.59 Å². The van der Waals surface area contributed by atoms with Gasteiger partial charge in [-0.3, -0.25) is 0 Å². The van der Waals surface area contributed by atoms with Gasteiger partial charge in [-0.2, -0.15) is 0 Å². The lowest BCUT2D eigenvalue weighted by Gasteiger charge is -2.15. The van der Waals surface area contributed by atoms with Crippen molar-refractivity contribution < 1.29 is 24.2 Å². The number of carboxylic acid groups (broad SMARTS) is 1. The predicted molar refractivity (Wildman–Crippen MR) is 77.7 cm³/mol. The molecule has 7 nitrogen and oxygen atoms in total. The van der Waals surface area contributed by atoms with Crippen LogP contribution in [0.15, 0.2) is 24.3 Å². The molecule has 0 radical (unpaired) electrons. The number of aliphatic carboxylic acids is 1. The van der Waals surface area contributed by atoms with Crippen molar-refractivity contribution in [2.75, 3.05) is 26.1 Å². The zero-order chi connectivity index (χ0) is 15.7. The first-order chi connectivity index (χ1) is 10.1. The number of rotatable bonds is 8. The predicted octanol–water partition coefficient (Wildman–Crippen LogP) is 1.70. The van der Waals surface area contributed by atoms with Gasteiger partial charge in [0.05, 0.1) is 7.11 Å². The van der Waals surface area contributed by atoms with Crippen LogP contribution < -0.4 is 15.4 Å². The van der Waals surface area contributed by atoms with E-state index in [0.717, 1.165) is 0 Å². The topological polar surface area (TPSA) is 96.9 Å². The van der Waals surface area contributed by atoms with Crippen LogP contribution in [-0.2, 0) is 9.53 Å². The second-order valence-electron chi connectivity index (χ2n) is 4.36. The molecule has 0 aromatic heterocycles. The Morgan fingerprint density at radius 2 is 2.10 bits per heavy atom. The van der Waals surface area contributed by atoms with Crippen LogP contribution >= 0.6 is 0 Å². The van der Waals surface area contributed by atoms with Crippen molar-refractivity contribution in [2.24, 2.45) is 0 Å². The first-order valence-corrected chi connectivity index (χ1v) is 6.50. The fourth-order valence-electron chi connectivity index (χ4n) is 1.72. The van der Waals surface area contributed by atoms with E-state index in [2.05, 4.69) is 10.6 Å².